The standard InChI is InChI=1S/C10H7ClN4O3/c11-6-3-5(10(17)18)1-2-7(6)14-9(16)8-12-4-13-15-8/h1-4H,(H,14,16)(H,17,18)(H,12,13,15). The molecule has 18 heavy (non-hydrogen) atoms. The van der Waals surface area contributed by atoms with Gasteiger partial charge in [0.15, 0.2) is 0 Å². The normalized spacial score (nSPS) is 10.1. The molecule has 0 saturated carbocycles. The van der Waals surface area contributed by atoms with E-state index in [1.807, 2.05) is 0 Å². The lowest BCUT2D eigenvalue weighted by molar-refractivity contribution is 0.0696. The minimum atomic E-state index is -1.09. The number of aromatic carboxylic acids is 1. The van der Waals surface area contributed by atoms with Crippen molar-refractivity contribution >= 4 is 29.2 Å². The van der Waals surface area contributed by atoms with E-state index in [-0.39, 0.29) is 16.4 Å². The summed E-state index contributed by atoms with van der Waals surface area (Å²) in [6.07, 6.45) is 1.20. The van der Waals surface area contributed by atoms with E-state index in [0.29, 0.717) is 5.69 Å². The fourth-order valence-corrected chi connectivity index (χ4v) is 1.47. The third-order valence-corrected chi connectivity index (χ3v) is 2.41. The van der Waals surface area contributed by atoms with Gasteiger partial charge in [0, 0.05) is 0 Å². The first kappa shape index (κ1) is 12.1. The number of amides is 1. The molecule has 1 aromatic heterocycles. The molecule has 0 fully saturated rings. The van der Waals surface area contributed by atoms with Gasteiger partial charge in [-0.15, -0.1) is 0 Å². The van der Waals surface area contributed by atoms with E-state index in [2.05, 4.69) is 20.5 Å². The number of H-pyrrole nitrogens is 1. The number of nitrogens with zero attached hydrogens (tertiary/aromatic N) is 2. The van der Waals surface area contributed by atoms with Gasteiger partial charge in [-0.2, -0.15) is 5.10 Å². The average molecular weight is 267 g/mol. The Morgan fingerprint density at radius 3 is 2.72 bits per heavy atom. The molecule has 1 aromatic carbocycles. The molecular formula is C10H7ClN4O3. The molecule has 92 valence electrons. The van der Waals surface area contributed by atoms with Crippen molar-refractivity contribution in [3.05, 3.63) is 40.9 Å². The van der Waals surface area contributed by atoms with Crippen LogP contribution in [0.3, 0.4) is 0 Å². The Morgan fingerprint density at radius 1 is 1.39 bits per heavy atom. The summed E-state index contributed by atoms with van der Waals surface area (Å²) < 4.78 is 0. The monoisotopic (exact) mass is 266 g/mol. The molecule has 2 rings (SSSR count). The minimum absolute atomic E-state index is 0.0355. The molecule has 1 heterocycles. The minimum Gasteiger partial charge on any atom is -0.478 e. The fourth-order valence-electron chi connectivity index (χ4n) is 1.25. The van der Waals surface area contributed by atoms with Crippen LogP contribution >= 0.6 is 11.6 Å². The second-order valence-electron chi connectivity index (χ2n) is 3.29. The third kappa shape index (κ3) is 2.46. The van der Waals surface area contributed by atoms with Crippen LogP contribution in [0.1, 0.15) is 21.0 Å². The van der Waals surface area contributed by atoms with Crippen LogP contribution < -0.4 is 5.32 Å². The highest BCUT2D eigenvalue weighted by Crippen LogP contribution is 2.23. The lowest BCUT2D eigenvalue weighted by Crippen LogP contribution is -2.14. The van der Waals surface area contributed by atoms with Crippen LogP contribution in [0, 0.1) is 0 Å². The van der Waals surface area contributed by atoms with Gasteiger partial charge < -0.3 is 10.4 Å². The highest BCUT2D eigenvalue weighted by molar-refractivity contribution is 6.34. The zero-order chi connectivity index (χ0) is 13.1. The first-order valence-electron chi connectivity index (χ1n) is 4.77. The molecule has 0 spiro atoms. The van der Waals surface area contributed by atoms with Crippen LogP contribution in [0.2, 0.25) is 5.02 Å². The Balaban J connectivity index is 2.20. The van der Waals surface area contributed by atoms with Gasteiger partial charge in [0.1, 0.15) is 6.33 Å². The molecular weight excluding hydrogens is 260 g/mol. The predicted molar refractivity (Wildman–Crippen MR) is 62.7 cm³/mol. The molecule has 2 aromatic rings. The molecule has 0 aliphatic heterocycles. The second-order valence-corrected chi connectivity index (χ2v) is 3.70. The molecule has 1 amide bonds. The summed E-state index contributed by atoms with van der Waals surface area (Å²) in [4.78, 5) is 26.0. The van der Waals surface area contributed by atoms with E-state index in [1.165, 1.54) is 24.5 Å². The number of anilines is 1. The largest absolute Gasteiger partial charge is 0.478 e. The summed E-state index contributed by atoms with van der Waals surface area (Å²) in [5, 5.41) is 17.3. The number of halogens is 1. The second kappa shape index (κ2) is 4.84. The van der Waals surface area contributed by atoms with Gasteiger partial charge in [0.2, 0.25) is 5.82 Å². The Morgan fingerprint density at radius 2 is 2.17 bits per heavy atom. The number of hydrogen-bond donors (Lipinski definition) is 3. The average Bonchev–Trinajstić information content (AvgIpc) is 2.85. The van der Waals surface area contributed by atoms with E-state index in [1.54, 1.807) is 0 Å². The first-order valence-corrected chi connectivity index (χ1v) is 5.15. The highest BCUT2D eigenvalue weighted by Gasteiger charge is 2.12. The number of carbonyl (C=O) groups excluding carboxylic acids is 1. The van der Waals surface area contributed by atoms with Crippen molar-refractivity contribution in [2.75, 3.05) is 5.32 Å². The van der Waals surface area contributed by atoms with Crippen molar-refractivity contribution < 1.29 is 14.7 Å². The van der Waals surface area contributed by atoms with Crippen molar-refractivity contribution in [3.63, 3.8) is 0 Å². The van der Waals surface area contributed by atoms with Gasteiger partial charge in [0.25, 0.3) is 5.91 Å². The summed E-state index contributed by atoms with van der Waals surface area (Å²) in [5.41, 5.74) is 0.334. The van der Waals surface area contributed by atoms with Crippen LogP contribution in [0.15, 0.2) is 24.5 Å². The number of carbonyl (C=O) groups is 2. The molecule has 0 bridgehead atoms. The van der Waals surface area contributed by atoms with Gasteiger partial charge in [-0.25, -0.2) is 9.78 Å². The summed E-state index contributed by atoms with van der Waals surface area (Å²) in [5.74, 6) is -1.57. The molecule has 0 aliphatic rings. The van der Waals surface area contributed by atoms with E-state index in [9.17, 15) is 9.59 Å². The molecule has 0 saturated heterocycles. The summed E-state index contributed by atoms with van der Waals surface area (Å²) in [6, 6.07) is 3.99. The molecule has 8 heteroatoms. The number of nitrogens with one attached hydrogen (secondary N) is 2. The van der Waals surface area contributed by atoms with Crippen molar-refractivity contribution in [2.45, 2.75) is 0 Å². The summed E-state index contributed by atoms with van der Waals surface area (Å²) >= 11 is 5.85. The molecule has 0 atom stereocenters. The Kier molecular flexibility index (Phi) is 3.24. The van der Waals surface area contributed by atoms with Crippen molar-refractivity contribution in [1.82, 2.24) is 15.2 Å². The molecule has 3 N–H and O–H groups in total. The number of rotatable bonds is 3. The van der Waals surface area contributed by atoms with Crippen LogP contribution in [-0.4, -0.2) is 32.2 Å². The van der Waals surface area contributed by atoms with Crippen molar-refractivity contribution in [1.29, 1.82) is 0 Å². The maximum atomic E-state index is 11.6. The lowest BCUT2D eigenvalue weighted by Gasteiger charge is -2.06. The van der Waals surface area contributed by atoms with E-state index >= 15 is 0 Å². The van der Waals surface area contributed by atoms with Crippen molar-refractivity contribution in [2.24, 2.45) is 0 Å². The molecule has 0 aliphatic carbocycles. The summed E-state index contributed by atoms with van der Waals surface area (Å²) in [7, 11) is 0. The Bertz CT molecular complexity index is 597. The fraction of sp³-hybridized carbons (Fsp3) is 0. The number of benzene rings is 1. The highest BCUT2D eigenvalue weighted by atomic mass is 35.5. The third-order valence-electron chi connectivity index (χ3n) is 2.09. The van der Waals surface area contributed by atoms with Crippen LogP contribution in [0.5, 0.6) is 0 Å². The molecule has 7 nitrogen and oxygen atoms in total. The quantitative estimate of drug-likeness (QED) is 0.778. The zero-order valence-electron chi connectivity index (χ0n) is 8.85. The number of hydrogen-bond acceptors (Lipinski definition) is 4. The van der Waals surface area contributed by atoms with E-state index in [4.69, 9.17) is 16.7 Å². The van der Waals surface area contributed by atoms with Crippen LogP contribution in [0.4, 0.5) is 5.69 Å². The smallest absolute Gasteiger partial charge is 0.335 e. The van der Waals surface area contributed by atoms with Crippen LogP contribution in [0.25, 0.3) is 0 Å². The van der Waals surface area contributed by atoms with Gasteiger partial charge in [-0.05, 0) is 18.2 Å². The van der Waals surface area contributed by atoms with Gasteiger partial charge in [-0.1, -0.05) is 11.6 Å². The topological polar surface area (TPSA) is 108 Å². The number of carboxylic acid groups (broad SMARTS) is 1. The maximum absolute atomic E-state index is 11.6. The van der Waals surface area contributed by atoms with Gasteiger partial charge in [-0.3, -0.25) is 9.89 Å². The van der Waals surface area contributed by atoms with E-state index < -0.39 is 11.9 Å². The van der Waals surface area contributed by atoms with Crippen LogP contribution in [-0.2, 0) is 0 Å². The van der Waals surface area contributed by atoms with Gasteiger partial charge in [0.05, 0.1) is 16.3 Å². The number of aromatic nitrogens is 3. The number of aromatic amines is 1. The summed E-state index contributed by atoms with van der Waals surface area (Å²) in [6.45, 7) is 0. The lowest BCUT2D eigenvalue weighted by atomic mass is 10.2. The van der Waals surface area contributed by atoms with E-state index in [0.717, 1.165) is 0 Å². The molecule has 0 radical (unpaired) electrons. The maximum Gasteiger partial charge on any atom is 0.335 e. The van der Waals surface area contributed by atoms with Crippen molar-refractivity contribution in [3.8, 4) is 0 Å². The first-order chi connectivity index (χ1) is 8.58. The zero-order valence-corrected chi connectivity index (χ0v) is 9.60. The molecule has 0 unspecified atom stereocenters. The van der Waals surface area contributed by atoms with Gasteiger partial charge >= 0.3 is 5.97 Å². The Labute approximate surface area is 106 Å². The predicted octanol–water partition coefficient (Wildman–Crippen LogP) is 1.41. The Hall–Kier alpha value is -2.41. The SMILES string of the molecule is O=C(O)c1ccc(NC(=O)c2ncn[nH]2)c(Cl)c1. The number of carboxylic acids is 1.